The van der Waals surface area contributed by atoms with Crippen molar-refractivity contribution in [2.24, 2.45) is 0 Å². The van der Waals surface area contributed by atoms with Crippen molar-refractivity contribution in [3.05, 3.63) is 22.3 Å². The molecule has 1 N–H and O–H groups in total. The van der Waals surface area contributed by atoms with Crippen LogP contribution in [0.5, 0.6) is 0 Å². The van der Waals surface area contributed by atoms with Gasteiger partial charge in [-0.1, -0.05) is 6.92 Å². The maximum Gasteiger partial charge on any atom is 0.239 e. The molecule has 0 fully saturated rings. The van der Waals surface area contributed by atoms with Crippen molar-refractivity contribution in [2.75, 3.05) is 25.0 Å². The minimum absolute atomic E-state index is 0.000761. The summed E-state index contributed by atoms with van der Waals surface area (Å²) in [5.41, 5.74) is 1.12. The van der Waals surface area contributed by atoms with E-state index in [4.69, 9.17) is 0 Å². The van der Waals surface area contributed by atoms with Gasteiger partial charge in [-0.2, -0.15) is 0 Å². The second-order valence-corrected chi connectivity index (χ2v) is 4.74. The van der Waals surface area contributed by atoms with Crippen molar-refractivity contribution in [3.63, 3.8) is 0 Å². The SMILES string of the molecule is CCCN(CC(=O)NC)c1cc(C)c(Br)cn1. The molecule has 17 heavy (non-hydrogen) atoms. The lowest BCUT2D eigenvalue weighted by atomic mass is 10.2. The maximum absolute atomic E-state index is 11.4. The van der Waals surface area contributed by atoms with Crippen LogP contribution >= 0.6 is 15.9 Å². The van der Waals surface area contributed by atoms with Crippen molar-refractivity contribution in [1.82, 2.24) is 10.3 Å². The smallest absolute Gasteiger partial charge is 0.239 e. The number of carbonyl (C=O) groups excluding carboxylic acids is 1. The van der Waals surface area contributed by atoms with E-state index in [1.807, 2.05) is 17.9 Å². The Morgan fingerprint density at radius 2 is 2.29 bits per heavy atom. The first-order valence-electron chi connectivity index (χ1n) is 5.66. The first-order chi connectivity index (χ1) is 8.08. The molecule has 0 bridgehead atoms. The van der Waals surface area contributed by atoms with E-state index in [2.05, 4.69) is 33.2 Å². The molecule has 4 nitrogen and oxygen atoms in total. The van der Waals surface area contributed by atoms with Gasteiger partial charge >= 0.3 is 0 Å². The number of carbonyl (C=O) groups is 1. The number of aromatic nitrogens is 1. The summed E-state index contributed by atoms with van der Waals surface area (Å²) in [6, 6.07) is 1.99. The van der Waals surface area contributed by atoms with E-state index in [1.54, 1.807) is 13.2 Å². The Hall–Kier alpha value is -1.10. The van der Waals surface area contributed by atoms with Crippen LogP contribution in [0, 0.1) is 6.92 Å². The molecule has 0 spiro atoms. The predicted molar refractivity (Wildman–Crippen MR) is 73.2 cm³/mol. The van der Waals surface area contributed by atoms with E-state index in [1.165, 1.54) is 0 Å². The Bertz CT molecular complexity index is 395. The van der Waals surface area contributed by atoms with Crippen LogP contribution in [-0.2, 0) is 4.79 Å². The lowest BCUT2D eigenvalue weighted by Crippen LogP contribution is -2.36. The molecule has 0 aliphatic rings. The molecule has 1 heterocycles. The Morgan fingerprint density at radius 3 is 2.82 bits per heavy atom. The zero-order chi connectivity index (χ0) is 12.8. The fourth-order valence-electron chi connectivity index (χ4n) is 1.49. The largest absolute Gasteiger partial charge is 0.358 e. The molecule has 5 heteroatoms. The summed E-state index contributed by atoms with van der Waals surface area (Å²) in [7, 11) is 1.65. The lowest BCUT2D eigenvalue weighted by Gasteiger charge is -2.22. The predicted octanol–water partition coefficient (Wildman–Crippen LogP) is 2.11. The first kappa shape index (κ1) is 14.0. The molecule has 0 saturated heterocycles. The molecule has 1 aromatic heterocycles. The highest BCUT2D eigenvalue weighted by Gasteiger charge is 2.11. The van der Waals surface area contributed by atoms with Gasteiger partial charge in [0, 0.05) is 24.3 Å². The molecule has 0 aliphatic heterocycles. The molecular formula is C12H18BrN3O. The van der Waals surface area contributed by atoms with Crippen LogP contribution in [0.2, 0.25) is 0 Å². The minimum atomic E-state index is 0.000761. The average molecular weight is 300 g/mol. The Kier molecular flexibility index (Phi) is 5.41. The molecule has 0 saturated carbocycles. The minimum Gasteiger partial charge on any atom is -0.358 e. The molecule has 1 aromatic rings. The third-order valence-electron chi connectivity index (χ3n) is 2.46. The molecule has 0 unspecified atom stereocenters. The molecule has 0 aromatic carbocycles. The fraction of sp³-hybridized carbons (Fsp3) is 0.500. The molecule has 0 atom stereocenters. The summed E-state index contributed by atoms with van der Waals surface area (Å²) < 4.78 is 0.984. The van der Waals surface area contributed by atoms with E-state index in [0.717, 1.165) is 28.8 Å². The van der Waals surface area contributed by atoms with Crippen LogP contribution in [0.1, 0.15) is 18.9 Å². The lowest BCUT2D eigenvalue weighted by molar-refractivity contribution is -0.119. The van der Waals surface area contributed by atoms with Crippen LogP contribution in [0.15, 0.2) is 16.7 Å². The number of rotatable bonds is 5. The van der Waals surface area contributed by atoms with Gasteiger partial charge in [-0.05, 0) is 40.9 Å². The number of amides is 1. The van der Waals surface area contributed by atoms with Gasteiger partial charge in [-0.25, -0.2) is 4.98 Å². The highest BCUT2D eigenvalue weighted by Crippen LogP contribution is 2.20. The molecule has 1 rings (SSSR count). The number of likely N-dealkylation sites (N-methyl/N-ethyl adjacent to an activating group) is 1. The molecule has 0 radical (unpaired) electrons. The number of anilines is 1. The van der Waals surface area contributed by atoms with E-state index < -0.39 is 0 Å². The normalized spacial score (nSPS) is 10.1. The van der Waals surface area contributed by atoms with Gasteiger partial charge in [-0.3, -0.25) is 4.79 Å². The van der Waals surface area contributed by atoms with Gasteiger partial charge in [0.05, 0.1) is 6.54 Å². The highest BCUT2D eigenvalue weighted by atomic mass is 79.9. The Morgan fingerprint density at radius 1 is 1.59 bits per heavy atom. The van der Waals surface area contributed by atoms with Gasteiger partial charge in [0.25, 0.3) is 0 Å². The first-order valence-corrected chi connectivity index (χ1v) is 6.45. The number of nitrogens with zero attached hydrogens (tertiary/aromatic N) is 2. The number of hydrogen-bond donors (Lipinski definition) is 1. The van der Waals surface area contributed by atoms with Gasteiger partial charge in [0.2, 0.25) is 5.91 Å². The van der Waals surface area contributed by atoms with Crippen molar-refractivity contribution in [1.29, 1.82) is 0 Å². The van der Waals surface area contributed by atoms with Crippen LogP contribution in [0.4, 0.5) is 5.82 Å². The highest BCUT2D eigenvalue weighted by molar-refractivity contribution is 9.10. The van der Waals surface area contributed by atoms with Gasteiger partial charge in [0.15, 0.2) is 0 Å². The monoisotopic (exact) mass is 299 g/mol. The number of halogens is 1. The second kappa shape index (κ2) is 6.59. The van der Waals surface area contributed by atoms with E-state index >= 15 is 0 Å². The summed E-state index contributed by atoms with van der Waals surface area (Å²) in [5, 5.41) is 2.63. The number of pyridine rings is 1. The van der Waals surface area contributed by atoms with Crippen molar-refractivity contribution >= 4 is 27.7 Å². The van der Waals surface area contributed by atoms with Crippen LogP contribution < -0.4 is 10.2 Å². The quantitative estimate of drug-likeness (QED) is 0.906. The third-order valence-corrected chi connectivity index (χ3v) is 3.29. The van der Waals surface area contributed by atoms with Gasteiger partial charge in [-0.15, -0.1) is 0 Å². The number of hydrogen-bond acceptors (Lipinski definition) is 3. The van der Waals surface area contributed by atoms with Crippen LogP contribution in [0.3, 0.4) is 0 Å². The number of nitrogens with one attached hydrogen (secondary N) is 1. The molecule has 94 valence electrons. The topological polar surface area (TPSA) is 45.2 Å². The second-order valence-electron chi connectivity index (χ2n) is 3.89. The van der Waals surface area contributed by atoms with Gasteiger partial charge < -0.3 is 10.2 Å². The third kappa shape index (κ3) is 4.00. The zero-order valence-corrected chi connectivity index (χ0v) is 12.0. The van der Waals surface area contributed by atoms with Gasteiger partial charge in [0.1, 0.15) is 5.82 Å². The molecule has 1 amide bonds. The maximum atomic E-state index is 11.4. The summed E-state index contributed by atoms with van der Waals surface area (Å²) in [5.74, 6) is 0.844. The van der Waals surface area contributed by atoms with Crippen molar-refractivity contribution in [2.45, 2.75) is 20.3 Å². The van der Waals surface area contributed by atoms with E-state index in [9.17, 15) is 4.79 Å². The summed E-state index contributed by atoms with van der Waals surface area (Å²) in [6.45, 7) is 5.27. The Balaban J connectivity index is 2.88. The van der Waals surface area contributed by atoms with Crippen LogP contribution in [0.25, 0.3) is 0 Å². The van der Waals surface area contributed by atoms with E-state index in [-0.39, 0.29) is 5.91 Å². The fourth-order valence-corrected chi connectivity index (χ4v) is 1.71. The zero-order valence-electron chi connectivity index (χ0n) is 10.5. The Labute approximate surface area is 111 Å². The van der Waals surface area contributed by atoms with E-state index in [0.29, 0.717) is 6.54 Å². The standard InChI is InChI=1S/C12H18BrN3O/c1-4-5-16(8-12(17)14-3)11-6-9(2)10(13)7-15-11/h6-7H,4-5,8H2,1-3H3,(H,14,17). The van der Waals surface area contributed by atoms with Crippen LogP contribution in [-0.4, -0.2) is 31.0 Å². The molecule has 0 aliphatic carbocycles. The summed E-state index contributed by atoms with van der Waals surface area (Å²) in [4.78, 5) is 17.8. The number of aryl methyl sites for hydroxylation is 1. The molecular weight excluding hydrogens is 282 g/mol. The van der Waals surface area contributed by atoms with Crippen molar-refractivity contribution in [3.8, 4) is 0 Å². The summed E-state index contributed by atoms with van der Waals surface area (Å²) >= 11 is 3.42. The summed E-state index contributed by atoms with van der Waals surface area (Å²) in [6.07, 6.45) is 2.75. The van der Waals surface area contributed by atoms with Crippen molar-refractivity contribution < 1.29 is 4.79 Å². The average Bonchev–Trinajstić information content (AvgIpc) is 2.32.